The molecule has 0 radical (unpaired) electrons. The van der Waals surface area contributed by atoms with Crippen LogP contribution in [-0.4, -0.2) is 29.9 Å². The van der Waals surface area contributed by atoms with Gasteiger partial charge in [-0.15, -0.1) is 12.4 Å². The van der Waals surface area contributed by atoms with E-state index in [2.05, 4.69) is 18.2 Å². The quantitative estimate of drug-likeness (QED) is 0.911. The summed E-state index contributed by atoms with van der Waals surface area (Å²) in [6, 6.07) is 16.5. The van der Waals surface area contributed by atoms with E-state index in [0.717, 1.165) is 24.8 Å². The Morgan fingerprint density at radius 2 is 1.79 bits per heavy atom. The van der Waals surface area contributed by atoms with Gasteiger partial charge in [0.2, 0.25) is 0 Å². The van der Waals surface area contributed by atoms with Crippen LogP contribution in [0.5, 0.6) is 0 Å². The van der Waals surface area contributed by atoms with Gasteiger partial charge in [-0.25, -0.2) is 0 Å². The number of benzene rings is 2. The Balaban J connectivity index is 0.00000169. The highest BCUT2D eigenvalue weighted by Gasteiger charge is 2.35. The molecule has 3 nitrogen and oxygen atoms in total. The Morgan fingerprint density at radius 1 is 1.00 bits per heavy atom. The van der Waals surface area contributed by atoms with Gasteiger partial charge in [-0.3, -0.25) is 4.79 Å². The first-order valence-corrected chi connectivity index (χ1v) is 8.44. The van der Waals surface area contributed by atoms with Crippen molar-refractivity contribution in [3.63, 3.8) is 0 Å². The van der Waals surface area contributed by atoms with E-state index >= 15 is 0 Å². The van der Waals surface area contributed by atoms with Gasteiger partial charge in [-0.05, 0) is 42.0 Å². The third-order valence-electron chi connectivity index (χ3n) is 5.26. The Bertz CT molecular complexity index is 732. The van der Waals surface area contributed by atoms with Gasteiger partial charge in [-0.1, -0.05) is 42.5 Å². The van der Waals surface area contributed by atoms with Gasteiger partial charge in [0.15, 0.2) is 0 Å². The second-order valence-electron chi connectivity index (χ2n) is 6.69. The molecule has 1 aliphatic heterocycles. The minimum Gasteiger partial charge on any atom is -0.336 e. The molecule has 1 heterocycles. The van der Waals surface area contributed by atoms with Crippen LogP contribution in [0.25, 0.3) is 0 Å². The van der Waals surface area contributed by atoms with Crippen LogP contribution in [0.1, 0.15) is 39.4 Å². The first-order valence-electron chi connectivity index (χ1n) is 8.44. The maximum atomic E-state index is 13.0. The standard InChI is InChI=1S/C20H22N2O.ClH/c21-19-13-22(12-18(19)15-6-2-1-3-7-15)20(23)17-11-5-9-14-8-4-10-16(14)17;/h1-3,5-7,9,11,18-19H,4,8,10,12-13,21H2;1H/t18-,19+;/m0./s1. The van der Waals surface area contributed by atoms with Crippen LogP contribution in [0.4, 0.5) is 0 Å². The fraction of sp³-hybridized carbons (Fsp3) is 0.350. The molecule has 4 rings (SSSR count). The van der Waals surface area contributed by atoms with Gasteiger partial charge >= 0.3 is 0 Å². The molecular formula is C20H23ClN2O. The van der Waals surface area contributed by atoms with Crippen molar-refractivity contribution in [2.24, 2.45) is 5.73 Å². The maximum Gasteiger partial charge on any atom is 0.254 e. The first-order chi connectivity index (χ1) is 11.2. The number of hydrogen-bond donors (Lipinski definition) is 1. The number of rotatable bonds is 2. The van der Waals surface area contributed by atoms with E-state index in [-0.39, 0.29) is 30.3 Å². The van der Waals surface area contributed by atoms with Crippen molar-refractivity contribution in [3.05, 3.63) is 70.8 Å². The highest BCUT2D eigenvalue weighted by molar-refractivity contribution is 5.96. The first kappa shape index (κ1) is 17.0. The maximum absolute atomic E-state index is 13.0. The van der Waals surface area contributed by atoms with Crippen molar-refractivity contribution in [1.82, 2.24) is 4.90 Å². The molecule has 1 amide bonds. The number of halogens is 1. The molecule has 2 aliphatic rings. The monoisotopic (exact) mass is 342 g/mol. The topological polar surface area (TPSA) is 46.3 Å². The number of aryl methyl sites for hydroxylation is 1. The Hall–Kier alpha value is -1.84. The van der Waals surface area contributed by atoms with Crippen LogP contribution in [0.3, 0.4) is 0 Å². The molecule has 0 bridgehead atoms. The SMILES string of the molecule is Cl.N[C@@H]1CN(C(=O)c2cccc3c2CCC3)C[C@H]1c1ccccc1. The van der Waals surface area contributed by atoms with Crippen LogP contribution < -0.4 is 5.73 Å². The molecule has 2 atom stereocenters. The van der Waals surface area contributed by atoms with Crippen LogP contribution in [-0.2, 0) is 12.8 Å². The van der Waals surface area contributed by atoms with Gasteiger partial charge < -0.3 is 10.6 Å². The molecule has 2 aromatic rings. The fourth-order valence-corrected chi connectivity index (χ4v) is 4.04. The average Bonchev–Trinajstić information content (AvgIpc) is 3.21. The lowest BCUT2D eigenvalue weighted by Crippen LogP contribution is -2.32. The number of nitrogens with zero attached hydrogens (tertiary/aromatic N) is 1. The van der Waals surface area contributed by atoms with Crippen molar-refractivity contribution >= 4 is 18.3 Å². The second kappa shape index (κ2) is 6.96. The summed E-state index contributed by atoms with van der Waals surface area (Å²) in [5.41, 5.74) is 11.1. The highest BCUT2D eigenvalue weighted by Crippen LogP contribution is 2.30. The minimum absolute atomic E-state index is 0. The van der Waals surface area contributed by atoms with Crippen molar-refractivity contribution in [2.45, 2.75) is 31.2 Å². The molecule has 126 valence electrons. The summed E-state index contributed by atoms with van der Waals surface area (Å²) < 4.78 is 0. The van der Waals surface area contributed by atoms with E-state index in [9.17, 15) is 4.79 Å². The predicted molar refractivity (Wildman–Crippen MR) is 98.8 cm³/mol. The number of carbonyl (C=O) groups is 1. The van der Waals surface area contributed by atoms with E-state index in [1.807, 2.05) is 35.2 Å². The van der Waals surface area contributed by atoms with Crippen molar-refractivity contribution in [3.8, 4) is 0 Å². The molecule has 1 aliphatic carbocycles. The summed E-state index contributed by atoms with van der Waals surface area (Å²) in [5.74, 6) is 0.384. The number of likely N-dealkylation sites (tertiary alicyclic amines) is 1. The second-order valence-corrected chi connectivity index (χ2v) is 6.69. The van der Waals surface area contributed by atoms with Crippen molar-refractivity contribution in [1.29, 1.82) is 0 Å². The zero-order valence-corrected chi connectivity index (χ0v) is 14.5. The van der Waals surface area contributed by atoms with Crippen LogP contribution in [0, 0.1) is 0 Å². The predicted octanol–water partition coefficient (Wildman–Crippen LogP) is 3.16. The molecule has 4 heteroatoms. The molecule has 0 saturated carbocycles. The van der Waals surface area contributed by atoms with Gasteiger partial charge in [0, 0.05) is 30.6 Å². The molecule has 2 aromatic carbocycles. The Kier molecular flexibility index (Phi) is 4.93. The van der Waals surface area contributed by atoms with Crippen LogP contribution >= 0.6 is 12.4 Å². The lowest BCUT2D eigenvalue weighted by molar-refractivity contribution is 0.0788. The van der Waals surface area contributed by atoms with Crippen molar-refractivity contribution in [2.75, 3.05) is 13.1 Å². The normalized spacial score (nSPS) is 22.1. The molecule has 0 aromatic heterocycles. The average molecular weight is 343 g/mol. The number of amides is 1. The van der Waals surface area contributed by atoms with Gasteiger partial charge in [0.25, 0.3) is 5.91 Å². The van der Waals surface area contributed by atoms with E-state index in [1.54, 1.807) is 0 Å². The largest absolute Gasteiger partial charge is 0.336 e. The lowest BCUT2D eigenvalue weighted by Gasteiger charge is -2.18. The Labute approximate surface area is 149 Å². The number of fused-ring (bicyclic) bond motifs is 1. The minimum atomic E-state index is 0. The molecule has 2 N–H and O–H groups in total. The van der Waals surface area contributed by atoms with Crippen LogP contribution in [0.15, 0.2) is 48.5 Å². The summed E-state index contributed by atoms with van der Waals surface area (Å²) in [6.07, 6.45) is 3.29. The van der Waals surface area contributed by atoms with E-state index < -0.39 is 0 Å². The van der Waals surface area contributed by atoms with Crippen LogP contribution in [0.2, 0.25) is 0 Å². The third-order valence-corrected chi connectivity index (χ3v) is 5.26. The van der Waals surface area contributed by atoms with Gasteiger partial charge in [-0.2, -0.15) is 0 Å². The molecule has 1 fully saturated rings. The van der Waals surface area contributed by atoms with E-state index in [0.29, 0.717) is 13.1 Å². The zero-order valence-electron chi connectivity index (χ0n) is 13.7. The summed E-state index contributed by atoms with van der Waals surface area (Å²) in [6.45, 7) is 1.36. The molecule has 24 heavy (non-hydrogen) atoms. The number of hydrogen-bond acceptors (Lipinski definition) is 2. The van der Waals surface area contributed by atoms with Crippen molar-refractivity contribution < 1.29 is 4.79 Å². The zero-order chi connectivity index (χ0) is 15.8. The third kappa shape index (κ3) is 2.94. The number of carbonyl (C=O) groups excluding carboxylic acids is 1. The number of nitrogens with two attached hydrogens (primary N) is 1. The van der Waals surface area contributed by atoms with Gasteiger partial charge in [0.1, 0.15) is 0 Å². The Morgan fingerprint density at radius 3 is 2.58 bits per heavy atom. The lowest BCUT2D eigenvalue weighted by atomic mass is 9.95. The summed E-state index contributed by atoms with van der Waals surface area (Å²) in [5, 5.41) is 0. The summed E-state index contributed by atoms with van der Waals surface area (Å²) in [7, 11) is 0. The van der Waals surface area contributed by atoms with E-state index in [4.69, 9.17) is 5.73 Å². The van der Waals surface area contributed by atoms with E-state index in [1.165, 1.54) is 16.7 Å². The fourth-order valence-electron chi connectivity index (χ4n) is 4.04. The molecule has 0 unspecified atom stereocenters. The highest BCUT2D eigenvalue weighted by atomic mass is 35.5. The van der Waals surface area contributed by atoms with Gasteiger partial charge in [0.05, 0.1) is 0 Å². The summed E-state index contributed by atoms with van der Waals surface area (Å²) in [4.78, 5) is 14.9. The molecular weight excluding hydrogens is 320 g/mol. The molecule has 0 spiro atoms. The summed E-state index contributed by atoms with van der Waals surface area (Å²) >= 11 is 0. The molecule has 1 saturated heterocycles. The smallest absolute Gasteiger partial charge is 0.254 e.